The van der Waals surface area contributed by atoms with Crippen LogP contribution >= 0.6 is 0 Å². The number of anilines is 1. The number of hydrogen-bond donors (Lipinski definition) is 0. The molecule has 2 aliphatic heterocycles. The summed E-state index contributed by atoms with van der Waals surface area (Å²) in [5.41, 5.74) is 3.60. The first-order valence-corrected chi connectivity index (χ1v) is 15.8. The van der Waals surface area contributed by atoms with Gasteiger partial charge in [0.05, 0.1) is 24.2 Å². The molecule has 0 bridgehead atoms. The van der Waals surface area contributed by atoms with Gasteiger partial charge in [-0.25, -0.2) is 27.2 Å². The molecule has 3 aromatic rings. The molecule has 2 aliphatic rings. The zero-order valence-corrected chi connectivity index (χ0v) is 24.3. The van der Waals surface area contributed by atoms with Crippen molar-refractivity contribution in [1.29, 1.82) is 0 Å². The smallest absolute Gasteiger partial charge is 0.178 e. The molecular formula is C30H36F2N4O3S. The molecule has 1 saturated heterocycles. The van der Waals surface area contributed by atoms with Crippen molar-refractivity contribution in [3.63, 3.8) is 0 Å². The van der Waals surface area contributed by atoms with Crippen LogP contribution in [0.25, 0.3) is 11.3 Å². The van der Waals surface area contributed by atoms with Gasteiger partial charge in [0, 0.05) is 24.3 Å². The molecule has 2 aromatic carbocycles. The van der Waals surface area contributed by atoms with Gasteiger partial charge in [-0.2, -0.15) is 0 Å². The Labute approximate surface area is 235 Å². The van der Waals surface area contributed by atoms with Crippen molar-refractivity contribution in [2.45, 2.75) is 50.8 Å². The van der Waals surface area contributed by atoms with Crippen molar-refractivity contribution in [1.82, 2.24) is 14.9 Å². The van der Waals surface area contributed by atoms with Crippen LogP contribution in [0.15, 0.2) is 36.5 Å². The molecule has 7 nitrogen and oxygen atoms in total. The van der Waals surface area contributed by atoms with Gasteiger partial charge in [-0.05, 0) is 81.6 Å². The van der Waals surface area contributed by atoms with E-state index in [1.54, 1.807) is 6.07 Å². The molecule has 0 unspecified atom stereocenters. The topological polar surface area (TPSA) is 75.6 Å². The standard InChI is InChI=1S/C30H36F2N4O3S/c1-19(2)36-11-12-39-30-25(31)15-22(16-27(30)36)29-26(32)17-33-28(34-29)14-20-5-6-24(21-7-9-35(3)10-8-21)23(13-20)18-40(4,37)38/h5-6,13,15-17,19,21H,7-12,14,18H2,1-4H3. The monoisotopic (exact) mass is 570 g/mol. The lowest BCUT2D eigenvalue weighted by Gasteiger charge is -2.34. The van der Waals surface area contributed by atoms with Gasteiger partial charge >= 0.3 is 0 Å². The zero-order valence-electron chi connectivity index (χ0n) is 23.5. The van der Waals surface area contributed by atoms with E-state index in [9.17, 15) is 12.8 Å². The van der Waals surface area contributed by atoms with E-state index in [2.05, 4.69) is 21.9 Å². The maximum absolute atomic E-state index is 15.1. The van der Waals surface area contributed by atoms with E-state index >= 15 is 4.39 Å². The Morgan fingerprint density at radius 3 is 2.52 bits per heavy atom. The van der Waals surface area contributed by atoms with Crippen LogP contribution in [0.4, 0.5) is 14.5 Å². The van der Waals surface area contributed by atoms with Crippen LogP contribution in [0.3, 0.4) is 0 Å². The van der Waals surface area contributed by atoms with Crippen molar-refractivity contribution in [2.24, 2.45) is 0 Å². The molecule has 5 rings (SSSR count). The van der Waals surface area contributed by atoms with Gasteiger partial charge in [0.2, 0.25) is 0 Å². The molecule has 0 spiro atoms. The number of hydrogen-bond acceptors (Lipinski definition) is 7. The maximum Gasteiger partial charge on any atom is 0.178 e. The number of rotatable bonds is 7. The molecule has 0 radical (unpaired) electrons. The third-order valence-electron chi connectivity index (χ3n) is 7.75. The summed E-state index contributed by atoms with van der Waals surface area (Å²) in [6.07, 6.45) is 4.60. The van der Waals surface area contributed by atoms with Crippen molar-refractivity contribution >= 4 is 15.5 Å². The van der Waals surface area contributed by atoms with E-state index in [1.165, 1.54) is 12.3 Å². The summed E-state index contributed by atoms with van der Waals surface area (Å²) in [5.74, 6) is -0.408. The number of sulfone groups is 1. The number of aromatic nitrogens is 2. The third-order valence-corrected chi connectivity index (χ3v) is 8.58. The average molecular weight is 571 g/mol. The Bertz CT molecular complexity index is 1510. The van der Waals surface area contributed by atoms with Crippen LogP contribution in [0.1, 0.15) is 55.1 Å². The average Bonchev–Trinajstić information content (AvgIpc) is 2.89. The van der Waals surface area contributed by atoms with E-state index in [0.717, 1.165) is 48.8 Å². The van der Waals surface area contributed by atoms with Crippen LogP contribution in [0, 0.1) is 11.6 Å². The predicted molar refractivity (Wildman–Crippen MR) is 153 cm³/mol. The van der Waals surface area contributed by atoms with Crippen molar-refractivity contribution in [3.05, 3.63) is 70.7 Å². The fraction of sp³-hybridized carbons (Fsp3) is 0.467. The number of fused-ring (bicyclic) bond motifs is 1. The second-order valence-electron chi connectivity index (χ2n) is 11.3. The van der Waals surface area contributed by atoms with Crippen LogP contribution in [0.5, 0.6) is 5.75 Å². The second-order valence-corrected chi connectivity index (χ2v) is 13.4. The van der Waals surface area contributed by atoms with Gasteiger partial charge in [0.15, 0.2) is 27.2 Å². The molecule has 0 amide bonds. The summed E-state index contributed by atoms with van der Waals surface area (Å²) in [4.78, 5) is 13.0. The molecule has 0 aliphatic carbocycles. The van der Waals surface area contributed by atoms with Crippen molar-refractivity contribution in [2.75, 3.05) is 44.4 Å². The van der Waals surface area contributed by atoms with Gasteiger partial charge in [-0.1, -0.05) is 18.2 Å². The fourth-order valence-electron chi connectivity index (χ4n) is 5.74. The highest BCUT2D eigenvalue weighted by molar-refractivity contribution is 7.89. The number of nitrogens with zero attached hydrogens (tertiary/aromatic N) is 4. The Morgan fingerprint density at radius 2 is 1.82 bits per heavy atom. The molecule has 1 fully saturated rings. The Balaban J connectivity index is 1.47. The van der Waals surface area contributed by atoms with Gasteiger partial charge in [-0.3, -0.25) is 0 Å². The van der Waals surface area contributed by atoms with Gasteiger partial charge in [0.1, 0.15) is 18.1 Å². The minimum atomic E-state index is -3.25. The Morgan fingerprint density at radius 1 is 1.07 bits per heavy atom. The second kappa shape index (κ2) is 11.4. The highest BCUT2D eigenvalue weighted by atomic mass is 32.2. The summed E-state index contributed by atoms with van der Waals surface area (Å²) in [5, 5.41) is 0. The fourth-order valence-corrected chi connectivity index (χ4v) is 6.56. The third kappa shape index (κ3) is 6.28. The lowest BCUT2D eigenvalue weighted by molar-refractivity contribution is 0.255. The molecular weight excluding hydrogens is 534 g/mol. The lowest BCUT2D eigenvalue weighted by atomic mass is 9.86. The van der Waals surface area contributed by atoms with E-state index in [-0.39, 0.29) is 29.7 Å². The summed E-state index contributed by atoms with van der Waals surface area (Å²) in [6.45, 7) is 6.96. The largest absolute Gasteiger partial charge is 0.486 e. The first kappa shape index (κ1) is 28.4. The summed E-state index contributed by atoms with van der Waals surface area (Å²) >= 11 is 0. The number of benzene rings is 2. The lowest BCUT2D eigenvalue weighted by Crippen LogP contribution is -2.38. The number of ether oxygens (including phenoxy) is 1. The molecule has 0 atom stereocenters. The first-order valence-electron chi connectivity index (χ1n) is 13.7. The summed E-state index contributed by atoms with van der Waals surface area (Å²) in [6, 6.07) is 8.99. The van der Waals surface area contributed by atoms with Gasteiger partial charge < -0.3 is 14.5 Å². The SMILES string of the molecule is CC(C)N1CCOc2c(F)cc(-c3nc(Cc4ccc(C5CCN(C)CC5)c(CS(C)(=O)=O)c4)ncc3F)cc21. The van der Waals surface area contributed by atoms with E-state index in [0.29, 0.717) is 36.1 Å². The Kier molecular flexibility index (Phi) is 8.10. The van der Waals surface area contributed by atoms with E-state index < -0.39 is 21.5 Å². The summed E-state index contributed by atoms with van der Waals surface area (Å²) < 4.78 is 60.2. The molecule has 0 saturated carbocycles. The molecule has 214 valence electrons. The quantitative estimate of drug-likeness (QED) is 0.397. The van der Waals surface area contributed by atoms with Crippen LogP contribution < -0.4 is 9.64 Å². The number of likely N-dealkylation sites (tertiary alicyclic amines) is 1. The van der Waals surface area contributed by atoms with Gasteiger partial charge in [0.25, 0.3) is 0 Å². The van der Waals surface area contributed by atoms with Crippen molar-refractivity contribution < 1.29 is 21.9 Å². The Hall–Kier alpha value is -3.11. The first-order chi connectivity index (χ1) is 19.0. The molecule has 1 aromatic heterocycles. The minimum Gasteiger partial charge on any atom is -0.486 e. The highest BCUT2D eigenvalue weighted by Gasteiger charge is 2.26. The minimum absolute atomic E-state index is 0.0142. The number of piperidine rings is 1. The number of halogens is 2. The molecule has 10 heteroatoms. The molecule has 0 N–H and O–H groups in total. The zero-order chi connectivity index (χ0) is 28.6. The van der Waals surface area contributed by atoms with Crippen molar-refractivity contribution in [3.8, 4) is 17.0 Å². The van der Waals surface area contributed by atoms with E-state index in [4.69, 9.17) is 4.74 Å². The molecule has 3 heterocycles. The highest BCUT2D eigenvalue weighted by Crippen LogP contribution is 2.39. The predicted octanol–water partition coefficient (Wildman–Crippen LogP) is 4.97. The van der Waals surface area contributed by atoms with E-state index in [1.807, 2.05) is 36.9 Å². The molecule has 40 heavy (non-hydrogen) atoms. The summed E-state index contributed by atoms with van der Waals surface area (Å²) in [7, 11) is -1.15. The van der Waals surface area contributed by atoms with Crippen LogP contribution in [0.2, 0.25) is 0 Å². The van der Waals surface area contributed by atoms with Crippen LogP contribution in [-0.4, -0.2) is 68.9 Å². The van der Waals surface area contributed by atoms with Crippen LogP contribution in [-0.2, 0) is 22.0 Å². The normalized spacial score (nSPS) is 16.7. The maximum atomic E-state index is 15.1. The van der Waals surface area contributed by atoms with Gasteiger partial charge in [-0.15, -0.1) is 0 Å².